The number of nitrogens with one attached hydrogen (secondary N) is 1. The highest BCUT2D eigenvalue weighted by Gasteiger charge is 2.08. The van der Waals surface area contributed by atoms with Crippen molar-refractivity contribution in [2.24, 2.45) is 5.73 Å². The number of hydrogen-bond acceptors (Lipinski definition) is 4. The zero-order valence-electron chi connectivity index (χ0n) is 9.40. The number of nitrogens with zero attached hydrogens (tertiary/aromatic N) is 1. The minimum atomic E-state index is -0.172. The predicted molar refractivity (Wildman–Crippen MR) is 67.3 cm³/mol. The van der Waals surface area contributed by atoms with E-state index in [1.807, 2.05) is 6.92 Å². The van der Waals surface area contributed by atoms with Crippen LogP contribution in [-0.2, 0) is 6.42 Å². The van der Waals surface area contributed by atoms with Gasteiger partial charge in [-0.05, 0) is 19.5 Å². The number of aryl methyl sites for hydroxylation is 1. The third-order valence-electron chi connectivity index (χ3n) is 2.31. The summed E-state index contributed by atoms with van der Waals surface area (Å²) in [6.45, 7) is 2.30. The summed E-state index contributed by atoms with van der Waals surface area (Å²) in [5.41, 5.74) is 6.76. The molecule has 2 rings (SSSR count). The Morgan fingerprint density at radius 1 is 1.53 bits per heavy atom. The van der Waals surface area contributed by atoms with E-state index in [0.717, 1.165) is 11.3 Å². The van der Waals surface area contributed by atoms with Crippen LogP contribution in [0.3, 0.4) is 0 Å². The van der Waals surface area contributed by atoms with Crippen molar-refractivity contribution >= 4 is 12.4 Å². The van der Waals surface area contributed by atoms with Gasteiger partial charge in [0, 0.05) is 18.2 Å². The Morgan fingerprint density at radius 3 is 2.88 bits per heavy atom. The van der Waals surface area contributed by atoms with Gasteiger partial charge in [-0.25, -0.2) is 4.98 Å². The quantitative estimate of drug-likeness (QED) is 0.865. The van der Waals surface area contributed by atoms with Gasteiger partial charge < -0.3 is 15.1 Å². The molecule has 0 aliphatic heterocycles. The van der Waals surface area contributed by atoms with Crippen LogP contribution in [0.25, 0.3) is 11.4 Å². The Balaban J connectivity index is 0.00000144. The molecule has 2 aromatic rings. The molecule has 0 spiro atoms. The SMILES string of the molecule is Cc1occc1-c1nc(CCN)cc(=O)[nH]1.Cl. The van der Waals surface area contributed by atoms with Crippen molar-refractivity contribution in [3.63, 3.8) is 0 Å². The van der Waals surface area contributed by atoms with Crippen LogP contribution in [0.2, 0.25) is 0 Å². The van der Waals surface area contributed by atoms with Crippen LogP contribution in [-0.4, -0.2) is 16.5 Å². The summed E-state index contributed by atoms with van der Waals surface area (Å²) in [7, 11) is 0. The first-order chi connectivity index (χ1) is 7.70. The molecule has 2 aromatic heterocycles. The van der Waals surface area contributed by atoms with Crippen LogP contribution in [0, 0.1) is 6.92 Å². The second kappa shape index (κ2) is 5.65. The zero-order chi connectivity index (χ0) is 11.5. The molecule has 0 atom stereocenters. The highest BCUT2D eigenvalue weighted by atomic mass is 35.5. The van der Waals surface area contributed by atoms with E-state index in [0.29, 0.717) is 24.5 Å². The normalized spacial score (nSPS) is 10.0. The second-order valence-corrected chi connectivity index (χ2v) is 3.51. The summed E-state index contributed by atoms with van der Waals surface area (Å²) >= 11 is 0. The van der Waals surface area contributed by atoms with E-state index in [9.17, 15) is 4.79 Å². The molecule has 0 bridgehead atoms. The maximum atomic E-state index is 11.4. The Morgan fingerprint density at radius 2 is 2.29 bits per heavy atom. The highest BCUT2D eigenvalue weighted by molar-refractivity contribution is 5.85. The molecule has 6 heteroatoms. The molecule has 0 aliphatic rings. The number of aromatic nitrogens is 2. The molecule has 0 radical (unpaired) electrons. The van der Waals surface area contributed by atoms with E-state index in [4.69, 9.17) is 10.2 Å². The number of furan rings is 1. The van der Waals surface area contributed by atoms with E-state index < -0.39 is 0 Å². The molecule has 0 aliphatic carbocycles. The molecule has 3 N–H and O–H groups in total. The molecule has 5 nitrogen and oxygen atoms in total. The zero-order valence-corrected chi connectivity index (χ0v) is 10.2. The van der Waals surface area contributed by atoms with Crippen molar-refractivity contribution in [2.45, 2.75) is 13.3 Å². The van der Waals surface area contributed by atoms with Gasteiger partial charge in [-0.2, -0.15) is 0 Å². The number of halogens is 1. The van der Waals surface area contributed by atoms with Crippen LogP contribution in [0.15, 0.2) is 27.6 Å². The fraction of sp³-hybridized carbons (Fsp3) is 0.273. The van der Waals surface area contributed by atoms with Gasteiger partial charge in [-0.3, -0.25) is 4.79 Å². The summed E-state index contributed by atoms with van der Waals surface area (Å²) in [4.78, 5) is 18.4. The van der Waals surface area contributed by atoms with Gasteiger partial charge in [-0.15, -0.1) is 12.4 Å². The van der Waals surface area contributed by atoms with Crippen molar-refractivity contribution in [1.29, 1.82) is 0 Å². The number of hydrogen-bond donors (Lipinski definition) is 2. The lowest BCUT2D eigenvalue weighted by atomic mass is 10.2. The molecule has 92 valence electrons. The topological polar surface area (TPSA) is 84.9 Å². The van der Waals surface area contributed by atoms with Gasteiger partial charge in [0.2, 0.25) is 0 Å². The van der Waals surface area contributed by atoms with Gasteiger partial charge >= 0.3 is 0 Å². The predicted octanol–water partition coefficient (Wildman–Crippen LogP) is 1.26. The average Bonchev–Trinajstić information content (AvgIpc) is 2.64. The third kappa shape index (κ3) is 2.95. The van der Waals surface area contributed by atoms with E-state index in [1.165, 1.54) is 6.07 Å². The molecule has 0 fully saturated rings. The van der Waals surface area contributed by atoms with Gasteiger partial charge in [0.05, 0.1) is 11.8 Å². The van der Waals surface area contributed by atoms with E-state index in [-0.39, 0.29) is 18.0 Å². The monoisotopic (exact) mass is 255 g/mol. The van der Waals surface area contributed by atoms with Gasteiger partial charge in [0.1, 0.15) is 11.6 Å². The van der Waals surface area contributed by atoms with Crippen molar-refractivity contribution in [2.75, 3.05) is 6.54 Å². The summed E-state index contributed by atoms with van der Waals surface area (Å²) < 4.78 is 5.17. The Labute approximate surface area is 104 Å². The summed E-state index contributed by atoms with van der Waals surface area (Å²) in [5.74, 6) is 1.26. The fourth-order valence-corrected chi connectivity index (χ4v) is 1.54. The van der Waals surface area contributed by atoms with E-state index in [2.05, 4.69) is 9.97 Å². The first kappa shape index (κ1) is 13.5. The lowest BCUT2D eigenvalue weighted by Crippen LogP contribution is -2.13. The number of rotatable bonds is 3. The first-order valence-electron chi connectivity index (χ1n) is 5.05. The fourth-order valence-electron chi connectivity index (χ4n) is 1.54. The summed E-state index contributed by atoms with van der Waals surface area (Å²) in [5, 5.41) is 0. The maximum absolute atomic E-state index is 11.4. The van der Waals surface area contributed by atoms with Crippen LogP contribution in [0.4, 0.5) is 0 Å². The average molecular weight is 256 g/mol. The number of nitrogens with two attached hydrogens (primary N) is 1. The Kier molecular flexibility index (Phi) is 4.48. The Hall–Kier alpha value is -1.59. The second-order valence-electron chi connectivity index (χ2n) is 3.51. The molecule has 0 saturated carbocycles. The number of H-pyrrole nitrogens is 1. The third-order valence-corrected chi connectivity index (χ3v) is 2.31. The van der Waals surface area contributed by atoms with Gasteiger partial charge in [0.15, 0.2) is 0 Å². The molecule has 0 unspecified atom stereocenters. The van der Waals surface area contributed by atoms with Gasteiger partial charge in [0.25, 0.3) is 5.56 Å². The van der Waals surface area contributed by atoms with Crippen LogP contribution < -0.4 is 11.3 Å². The number of aromatic amines is 1. The lowest BCUT2D eigenvalue weighted by Gasteiger charge is -2.02. The molecular formula is C11H14ClN3O2. The smallest absolute Gasteiger partial charge is 0.251 e. The van der Waals surface area contributed by atoms with Crippen molar-refractivity contribution < 1.29 is 4.42 Å². The molecule has 0 amide bonds. The van der Waals surface area contributed by atoms with Crippen molar-refractivity contribution in [3.8, 4) is 11.4 Å². The van der Waals surface area contributed by atoms with E-state index in [1.54, 1.807) is 12.3 Å². The molecular weight excluding hydrogens is 242 g/mol. The van der Waals surface area contributed by atoms with Crippen LogP contribution in [0.5, 0.6) is 0 Å². The maximum Gasteiger partial charge on any atom is 0.251 e. The van der Waals surface area contributed by atoms with Crippen molar-refractivity contribution in [1.82, 2.24) is 9.97 Å². The molecule has 0 aromatic carbocycles. The minimum Gasteiger partial charge on any atom is -0.469 e. The highest BCUT2D eigenvalue weighted by Crippen LogP contribution is 2.19. The molecule has 2 heterocycles. The summed E-state index contributed by atoms with van der Waals surface area (Å²) in [6.07, 6.45) is 2.16. The van der Waals surface area contributed by atoms with Crippen LogP contribution >= 0.6 is 12.4 Å². The lowest BCUT2D eigenvalue weighted by molar-refractivity contribution is 0.535. The largest absolute Gasteiger partial charge is 0.469 e. The summed E-state index contributed by atoms with van der Waals surface area (Å²) in [6, 6.07) is 3.24. The van der Waals surface area contributed by atoms with Crippen LogP contribution in [0.1, 0.15) is 11.5 Å². The molecule has 0 saturated heterocycles. The van der Waals surface area contributed by atoms with Crippen molar-refractivity contribution in [3.05, 3.63) is 40.2 Å². The van der Waals surface area contributed by atoms with E-state index >= 15 is 0 Å². The van der Waals surface area contributed by atoms with Gasteiger partial charge in [-0.1, -0.05) is 0 Å². The first-order valence-corrected chi connectivity index (χ1v) is 5.05. The minimum absolute atomic E-state index is 0. The molecule has 17 heavy (non-hydrogen) atoms. The standard InChI is InChI=1S/C11H13N3O2.ClH/c1-7-9(3-5-16-7)11-13-8(2-4-12)6-10(15)14-11;/h3,5-6H,2,4,12H2,1H3,(H,13,14,15);1H. The Bertz CT molecular complexity index is 548.